The lowest BCUT2D eigenvalue weighted by Gasteiger charge is -2.43. The lowest BCUT2D eigenvalue weighted by atomic mass is 9.76. The first kappa shape index (κ1) is 21.7. The van der Waals surface area contributed by atoms with Gasteiger partial charge < -0.3 is 15.3 Å². The van der Waals surface area contributed by atoms with E-state index in [4.69, 9.17) is 0 Å². The van der Waals surface area contributed by atoms with E-state index < -0.39 is 11.6 Å². The number of likely N-dealkylation sites (N-methyl/N-ethyl adjacent to an activating group) is 1. The first-order valence-electron chi connectivity index (χ1n) is 10.7. The molecule has 2 amide bonds. The van der Waals surface area contributed by atoms with Crippen molar-refractivity contribution < 1.29 is 14.7 Å². The Morgan fingerprint density at radius 3 is 2.17 bits per heavy atom. The highest BCUT2D eigenvalue weighted by Gasteiger charge is 2.48. The maximum absolute atomic E-state index is 13.5. The lowest BCUT2D eigenvalue weighted by molar-refractivity contribution is -0.128. The highest BCUT2D eigenvalue weighted by Crippen LogP contribution is 2.35. The van der Waals surface area contributed by atoms with Gasteiger partial charge in [0.15, 0.2) is 0 Å². The Morgan fingerprint density at radius 1 is 0.967 bits per heavy atom. The fraction of sp³-hybridized carbons (Fsp3) is 0.417. The molecule has 2 N–H and O–H groups in total. The van der Waals surface area contributed by atoms with Crippen molar-refractivity contribution in [3.8, 4) is 0 Å². The summed E-state index contributed by atoms with van der Waals surface area (Å²) in [5.74, 6) is -0.267. The number of aryl methyl sites for hydroxylation is 1. The second kappa shape index (κ2) is 9.20. The highest BCUT2D eigenvalue weighted by atomic mass is 16.4. The summed E-state index contributed by atoms with van der Waals surface area (Å²) in [7, 11) is 0. The zero-order valence-electron chi connectivity index (χ0n) is 18.0. The molecular weight excluding hydrogens is 378 g/mol. The second-order valence-electron chi connectivity index (χ2n) is 7.68. The summed E-state index contributed by atoms with van der Waals surface area (Å²) < 4.78 is 0. The molecule has 1 atom stereocenters. The molecule has 0 saturated carbocycles. The van der Waals surface area contributed by atoms with Gasteiger partial charge in [-0.2, -0.15) is 0 Å². The van der Waals surface area contributed by atoms with Crippen LogP contribution in [0.4, 0.5) is 16.2 Å². The molecule has 2 aromatic rings. The van der Waals surface area contributed by atoms with E-state index in [-0.39, 0.29) is 12.5 Å². The molecule has 1 aliphatic rings. The summed E-state index contributed by atoms with van der Waals surface area (Å²) in [6.45, 7) is 8.07. The number of carbonyl (C=O) groups is 2. The zero-order valence-corrected chi connectivity index (χ0v) is 18.0. The van der Waals surface area contributed by atoms with Gasteiger partial charge in [-0.3, -0.25) is 9.69 Å². The van der Waals surface area contributed by atoms with E-state index in [1.54, 1.807) is 6.92 Å². The van der Waals surface area contributed by atoms with Gasteiger partial charge in [-0.15, -0.1) is 0 Å². The van der Waals surface area contributed by atoms with E-state index in [1.165, 1.54) is 10.5 Å². The number of anilines is 2. The van der Waals surface area contributed by atoms with Gasteiger partial charge in [-0.05, 0) is 69.0 Å². The molecule has 0 spiro atoms. The first-order valence-corrected chi connectivity index (χ1v) is 10.7. The Labute approximate surface area is 178 Å². The number of amides is 2. The third-order valence-corrected chi connectivity index (χ3v) is 6.15. The van der Waals surface area contributed by atoms with Gasteiger partial charge >= 0.3 is 6.09 Å². The van der Waals surface area contributed by atoms with Crippen molar-refractivity contribution >= 4 is 23.4 Å². The molecule has 2 aromatic carbocycles. The monoisotopic (exact) mass is 409 g/mol. The van der Waals surface area contributed by atoms with Gasteiger partial charge in [-0.25, -0.2) is 4.79 Å². The van der Waals surface area contributed by atoms with Crippen LogP contribution in [0.5, 0.6) is 0 Å². The Morgan fingerprint density at radius 2 is 1.60 bits per heavy atom. The van der Waals surface area contributed by atoms with Crippen LogP contribution in [0, 0.1) is 0 Å². The van der Waals surface area contributed by atoms with Crippen LogP contribution in [0.1, 0.15) is 38.3 Å². The number of hydrogen-bond acceptors (Lipinski definition) is 3. The third kappa shape index (κ3) is 4.13. The molecule has 0 saturated heterocycles. The van der Waals surface area contributed by atoms with Gasteiger partial charge in [-0.1, -0.05) is 24.3 Å². The van der Waals surface area contributed by atoms with E-state index in [9.17, 15) is 14.7 Å². The molecule has 0 aliphatic heterocycles. The molecule has 0 aromatic heterocycles. The number of nitrogens with one attached hydrogen (secondary N) is 1. The van der Waals surface area contributed by atoms with Crippen LogP contribution in [-0.2, 0) is 17.6 Å². The number of nitrogens with zero attached hydrogens (tertiary/aromatic N) is 2. The fourth-order valence-electron chi connectivity index (χ4n) is 4.48. The maximum atomic E-state index is 13.5. The molecule has 0 radical (unpaired) electrons. The average molecular weight is 410 g/mol. The van der Waals surface area contributed by atoms with Crippen molar-refractivity contribution in [3.63, 3.8) is 0 Å². The summed E-state index contributed by atoms with van der Waals surface area (Å²) in [5, 5.41) is 12.8. The van der Waals surface area contributed by atoms with E-state index in [0.717, 1.165) is 24.3 Å². The van der Waals surface area contributed by atoms with Crippen LogP contribution in [0.2, 0.25) is 0 Å². The Kier molecular flexibility index (Phi) is 6.65. The normalized spacial score (nSPS) is 17.7. The highest BCUT2D eigenvalue weighted by molar-refractivity contribution is 6.00. The second-order valence-corrected chi connectivity index (χ2v) is 7.68. The van der Waals surface area contributed by atoms with Crippen molar-refractivity contribution in [2.75, 3.05) is 29.9 Å². The molecule has 0 heterocycles. The van der Waals surface area contributed by atoms with Crippen LogP contribution >= 0.6 is 0 Å². The van der Waals surface area contributed by atoms with Crippen molar-refractivity contribution in [3.05, 3.63) is 59.7 Å². The number of carboxylic acid groups (broad SMARTS) is 1. The topological polar surface area (TPSA) is 72.9 Å². The molecule has 3 rings (SSSR count). The quantitative estimate of drug-likeness (QED) is 0.711. The Balaban J connectivity index is 1.89. The Bertz CT molecular complexity index is 893. The Hall–Kier alpha value is -3.02. The van der Waals surface area contributed by atoms with Gasteiger partial charge in [0.25, 0.3) is 5.91 Å². The van der Waals surface area contributed by atoms with E-state index in [2.05, 4.69) is 30.1 Å². The van der Waals surface area contributed by atoms with Crippen molar-refractivity contribution in [2.24, 2.45) is 0 Å². The molecule has 0 fully saturated rings. The predicted molar refractivity (Wildman–Crippen MR) is 120 cm³/mol. The van der Waals surface area contributed by atoms with E-state index in [1.807, 2.05) is 42.5 Å². The number of hydrogen-bond donors (Lipinski definition) is 2. The van der Waals surface area contributed by atoms with Crippen LogP contribution in [0.25, 0.3) is 0 Å². The molecular formula is C24H31N3O3. The molecule has 6 nitrogen and oxygen atoms in total. The maximum Gasteiger partial charge on any atom is 0.408 e. The SMILES string of the molecule is CCN(CC)c1ccc(NC(=O)C2(N(CC)C(=O)O)CCc3ccccc3C2)cc1. The smallest absolute Gasteiger partial charge is 0.408 e. The summed E-state index contributed by atoms with van der Waals surface area (Å²) in [4.78, 5) is 29.1. The number of carbonyl (C=O) groups excluding carboxylic acids is 1. The number of rotatable bonds is 7. The van der Waals surface area contributed by atoms with Gasteiger partial charge in [0.2, 0.25) is 0 Å². The largest absolute Gasteiger partial charge is 0.465 e. The lowest BCUT2D eigenvalue weighted by Crippen LogP contribution is -2.61. The molecule has 160 valence electrons. The summed E-state index contributed by atoms with van der Waals surface area (Å²) in [6.07, 6.45) is 0.456. The van der Waals surface area contributed by atoms with Gasteiger partial charge in [0.1, 0.15) is 5.54 Å². The van der Waals surface area contributed by atoms with Crippen LogP contribution < -0.4 is 10.2 Å². The standard InChI is InChI=1S/C24H31N3O3/c1-4-26(5-2)21-13-11-20(12-14-21)25-22(28)24(27(6-3)23(29)30)16-15-18-9-7-8-10-19(18)17-24/h7-14H,4-6,15-17H2,1-3H3,(H,25,28)(H,29,30). The van der Waals surface area contributed by atoms with Crippen LogP contribution in [0.15, 0.2) is 48.5 Å². The minimum Gasteiger partial charge on any atom is -0.465 e. The van der Waals surface area contributed by atoms with Gasteiger partial charge in [0, 0.05) is 37.4 Å². The van der Waals surface area contributed by atoms with Crippen LogP contribution in [-0.4, -0.2) is 47.2 Å². The molecule has 0 bridgehead atoms. The third-order valence-electron chi connectivity index (χ3n) is 6.15. The average Bonchev–Trinajstić information content (AvgIpc) is 2.75. The predicted octanol–water partition coefficient (Wildman–Crippen LogP) is 4.40. The number of benzene rings is 2. The zero-order chi connectivity index (χ0) is 21.7. The van der Waals surface area contributed by atoms with Crippen molar-refractivity contribution in [1.82, 2.24) is 4.90 Å². The minimum absolute atomic E-state index is 0.256. The van der Waals surface area contributed by atoms with Crippen molar-refractivity contribution in [2.45, 2.75) is 45.6 Å². The van der Waals surface area contributed by atoms with E-state index >= 15 is 0 Å². The number of fused-ring (bicyclic) bond motifs is 1. The first-order chi connectivity index (χ1) is 14.4. The van der Waals surface area contributed by atoms with E-state index in [0.29, 0.717) is 24.9 Å². The summed E-state index contributed by atoms with van der Waals surface area (Å²) in [5.41, 5.74) is 2.88. The van der Waals surface area contributed by atoms with Crippen LogP contribution in [0.3, 0.4) is 0 Å². The molecule has 1 aliphatic carbocycles. The van der Waals surface area contributed by atoms with Crippen molar-refractivity contribution in [1.29, 1.82) is 0 Å². The summed E-state index contributed by atoms with van der Waals surface area (Å²) in [6, 6.07) is 15.7. The molecule has 6 heteroatoms. The fourth-order valence-corrected chi connectivity index (χ4v) is 4.48. The molecule has 1 unspecified atom stereocenters. The summed E-state index contributed by atoms with van der Waals surface area (Å²) >= 11 is 0. The molecule has 30 heavy (non-hydrogen) atoms. The van der Waals surface area contributed by atoms with Gasteiger partial charge in [0.05, 0.1) is 0 Å². The minimum atomic E-state index is -1.12.